The second-order valence-electron chi connectivity index (χ2n) is 3.49. The molecule has 14 heavy (non-hydrogen) atoms. The molecule has 0 radical (unpaired) electrons. The van der Waals surface area contributed by atoms with Crippen molar-refractivity contribution in [3.05, 3.63) is 0 Å². The first kappa shape index (κ1) is 11.1. The predicted molar refractivity (Wildman–Crippen MR) is 50.2 cm³/mol. The fourth-order valence-corrected chi connectivity index (χ4v) is 1.45. The molecule has 1 aliphatic rings. The van der Waals surface area contributed by atoms with Crippen LogP contribution in [0, 0.1) is 0 Å². The van der Waals surface area contributed by atoms with Crippen LogP contribution in [0.15, 0.2) is 0 Å². The van der Waals surface area contributed by atoms with Crippen LogP contribution in [0.1, 0.15) is 25.7 Å². The van der Waals surface area contributed by atoms with Crippen LogP contribution in [-0.2, 0) is 9.59 Å². The van der Waals surface area contributed by atoms with Gasteiger partial charge in [0.25, 0.3) is 0 Å². The second kappa shape index (κ2) is 5.07. The van der Waals surface area contributed by atoms with Gasteiger partial charge in [-0.15, -0.1) is 0 Å². The molecule has 0 saturated carbocycles. The minimum Gasteiger partial charge on any atom is -0.390 e. The van der Waals surface area contributed by atoms with Gasteiger partial charge in [0.15, 0.2) is 0 Å². The number of hydrogen-bond donors (Lipinski definition) is 2. The van der Waals surface area contributed by atoms with E-state index in [0.29, 0.717) is 12.8 Å². The fourth-order valence-electron chi connectivity index (χ4n) is 1.45. The second-order valence-corrected chi connectivity index (χ2v) is 3.49. The summed E-state index contributed by atoms with van der Waals surface area (Å²) < 4.78 is 0. The molecule has 0 spiro atoms. The standard InChI is InChI=1S/C9H16N2O3/c10-5-7(12)6-11-8(13)3-1-2-4-9(11)14/h7,12H,1-6,10H2/t7-/m1/s1. The van der Waals surface area contributed by atoms with Crippen LogP contribution in [0.4, 0.5) is 0 Å². The van der Waals surface area contributed by atoms with Crippen molar-refractivity contribution in [1.29, 1.82) is 0 Å². The van der Waals surface area contributed by atoms with Gasteiger partial charge >= 0.3 is 0 Å². The number of nitrogens with zero attached hydrogens (tertiary/aromatic N) is 1. The summed E-state index contributed by atoms with van der Waals surface area (Å²) in [6.45, 7) is 0.102. The van der Waals surface area contributed by atoms with E-state index in [0.717, 1.165) is 17.7 Å². The third-order valence-electron chi connectivity index (χ3n) is 2.30. The molecule has 1 heterocycles. The number of carbonyl (C=O) groups is 2. The van der Waals surface area contributed by atoms with Gasteiger partial charge < -0.3 is 10.8 Å². The number of imide groups is 1. The molecule has 5 nitrogen and oxygen atoms in total. The van der Waals surface area contributed by atoms with E-state index in [1.165, 1.54) is 0 Å². The highest BCUT2D eigenvalue weighted by Gasteiger charge is 2.25. The van der Waals surface area contributed by atoms with E-state index in [1.807, 2.05) is 0 Å². The molecule has 1 atom stereocenters. The fraction of sp³-hybridized carbons (Fsp3) is 0.778. The van der Waals surface area contributed by atoms with Crippen molar-refractivity contribution in [2.75, 3.05) is 13.1 Å². The maximum Gasteiger partial charge on any atom is 0.229 e. The molecule has 1 saturated heterocycles. The van der Waals surface area contributed by atoms with Crippen molar-refractivity contribution in [1.82, 2.24) is 4.90 Å². The van der Waals surface area contributed by atoms with E-state index >= 15 is 0 Å². The zero-order chi connectivity index (χ0) is 10.6. The smallest absolute Gasteiger partial charge is 0.229 e. The maximum absolute atomic E-state index is 11.4. The van der Waals surface area contributed by atoms with Crippen LogP contribution < -0.4 is 5.73 Å². The Labute approximate surface area is 82.9 Å². The lowest BCUT2D eigenvalue weighted by molar-refractivity contribution is -0.145. The first-order valence-corrected chi connectivity index (χ1v) is 4.86. The summed E-state index contributed by atoms with van der Waals surface area (Å²) in [5.74, 6) is -0.389. The Morgan fingerprint density at radius 1 is 1.29 bits per heavy atom. The van der Waals surface area contributed by atoms with Crippen LogP contribution in [-0.4, -0.2) is 41.0 Å². The van der Waals surface area contributed by atoms with E-state index in [4.69, 9.17) is 5.73 Å². The van der Waals surface area contributed by atoms with Crippen LogP contribution >= 0.6 is 0 Å². The van der Waals surface area contributed by atoms with Crippen molar-refractivity contribution in [3.63, 3.8) is 0 Å². The van der Waals surface area contributed by atoms with Crippen molar-refractivity contribution in [2.45, 2.75) is 31.8 Å². The van der Waals surface area contributed by atoms with Gasteiger partial charge in [-0.1, -0.05) is 0 Å². The molecule has 3 N–H and O–H groups in total. The highest BCUT2D eigenvalue weighted by Crippen LogP contribution is 2.12. The Morgan fingerprint density at radius 2 is 1.79 bits per heavy atom. The van der Waals surface area contributed by atoms with Gasteiger partial charge in [0.05, 0.1) is 12.6 Å². The molecule has 80 valence electrons. The zero-order valence-electron chi connectivity index (χ0n) is 8.11. The highest BCUT2D eigenvalue weighted by atomic mass is 16.3. The van der Waals surface area contributed by atoms with Crippen molar-refractivity contribution in [3.8, 4) is 0 Å². The zero-order valence-corrected chi connectivity index (χ0v) is 8.11. The quantitative estimate of drug-likeness (QED) is 0.586. The van der Waals surface area contributed by atoms with Crippen molar-refractivity contribution < 1.29 is 14.7 Å². The maximum atomic E-state index is 11.4. The van der Waals surface area contributed by atoms with Gasteiger partial charge in [-0.2, -0.15) is 0 Å². The lowest BCUT2D eigenvalue weighted by Crippen LogP contribution is -2.42. The largest absolute Gasteiger partial charge is 0.390 e. The lowest BCUT2D eigenvalue weighted by Gasteiger charge is -2.21. The summed E-state index contributed by atoms with van der Waals surface area (Å²) in [6, 6.07) is 0. The monoisotopic (exact) mass is 200 g/mol. The Kier molecular flexibility index (Phi) is 4.03. The minimum absolute atomic E-state index is 0.0359. The van der Waals surface area contributed by atoms with Gasteiger partial charge in [-0.25, -0.2) is 0 Å². The summed E-state index contributed by atoms with van der Waals surface area (Å²) >= 11 is 0. The van der Waals surface area contributed by atoms with Gasteiger partial charge in [-0.3, -0.25) is 14.5 Å². The average Bonchev–Trinajstić information content (AvgIpc) is 2.32. The van der Waals surface area contributed by atoms with Crippen LogP contribution in [0.3, 0.4) is 0 Å². The van der Waals surface area contributed by atoms with Gasteiger partial charge in [-0.05, 0) is 12.8 Å². The number of nitrogens with two attached hydrogens (primary N) is 1. The molecule has 0 aromatic rings. The van der Waals surface area contributed by atoms with E-state index in [-0.39, 0.29) is 24.9 Å². The average molecular weight is 200 g/mol. The van der Waals surface area contributed by atoms with Crippen LogP contribution in [0.5, 0.6) is 0 Å². The Bertz CT molecular complexity index is 212. The number of aliphatic hydroxyl groups is 1. The number of carbonyl (C=O) groups excluding carboxylic acids is 2. The number of aliphatic hydroxyl groups excluding tert-OH is 1. The molecular weight excluding hydrogens is 184 g/mol. The lowest BCUT2D eigenvalue weighted by atomic mass is 10.2. The molecular formula is C9H16N2O3. The van der Waals surface area contributed by atoms with Crippen LogP contribution in [0.25, 0.3) is 0 Å². The molecule has 2 amide bonds. The molecule has 5 heteroatoms. The number of amides is 2. The van der Waals surface area contributed by atoms with Crippen LogP contribution in [0.2, 0.25) is 0 Å². The molecule has 0 aromatic heterocycles. The van der Waals surface area contributed by atoms with Gasteiger partial charge in [0.2, 0.25) is 11.8 Å². The molecule has 1 fully saturated rings. The SMILES string of the molecule is NC[C@@H](O)CN1C(=O)CCCCC1=O. The topological polar surface area (TPSA) is 83.6 Å². The molecule has 1 rings (SSSR count). The number of likely N-dealkylation sites (tertiary alicyclic amines) is 1. The summed E-state index contributed by atoms with van der Waals surface area (Å²) in [5, 5.41) is 9.27. The molecule has 0 aromatic carbocycles. The summed E-state index contributed by atoms with van der Waals surface area (Å²) in [4.78, 5) is 24.0. The number of rotatable bonds is 3. The Morgan fingerprint density at radius 3 is 2.21 bits per heavy atom. The predicted octanol–water partition coefficient (Wildman–Crippen LogP) is -0.765. The molecule has 1 aliphatic heterocycles. The van der Waals surface area contributed by atoms with Crippen molar-refractivity contribution >= 4 is 11.8 Å². The molecule has 0 bridgehead atoms. The van der Waals surface area contributed by atoms with Crippen molar-refractivity contribution in [2.24, 2.45) is 5.73 Å². The Hall–Kier alpha value is -0.940. The summed E-state index contributed by atoms with van der Waals surface area (Å²) in [6.07, 6.45) is 1.48. The first-order chi connectivity index (χ1) is 6.65. The number of β-amino-alcohol motifs (C(OH)–C–C–N with tert-alkyl or cyclic N) is 1. The minimum atomic E-state index is -0.805. The van der Waals surface area contributed by atoms with Gasteiger partial charge in [0, 0.05) is 19.4 Å². The third kappa shape index (κ3) is 2.78. The highest BCUT2D eigenvalue weighted by molar-refractivity contribution is 5.96. The normalized spacial score (nSPS) is 20.9. The third-order valence-corrected chi connectivity index (χ3v) is 2.30. The van der Waals surface area contributed by atoms with E-state index in [2.05, 4.69) is 0 Å². The van der Waals surface area contributed by atoms with E-state index in [9.17, 15) is 14.7 Å². The van der Waals surface area contributed by atoms with E-state index < -0.39 is 6.10 Å². The Balaban J connectivity index is 2.60. The number of hydrogen-bond acceptors (Lipinski definition) is 4. The molecule has 0 aliphatic carbocycles. The molecule has 0 unspecified atom stereocenters. The first-order valence-electron chi connectivity index (χ1n) is 4.86. The summed E-state index contributed by atoms with van der Waals surface area (Å²) in [5.41, 5.74) is 5.22. The summed E-state index contributed by atoms with van der Waals surface area (Å²) in [7, 11) is 0. The van der Waals surface area contributed by atoms with E-state index in [1.54, 1.807) is 0 Å². The van der Waals surface area contributed by atoms with Gasteiger partial charge in [0.1, 0.15) is 0 Å².